The van der Waals surface area contributed by atoms with Crippen molar-refractivity contribution in [1.82, 2.24) is 92.7 Å². The van der Waals surface area contributed by atoms with Gasteiger partial charge in [-0.2, -0.15) is 19.6 Å². The van der Waals surface area contributed by atoms with E-state index in [1.165, 1.54) is 87.5 Å². The Kier molecular flexibility index (Phi) is 26.7. The predicted molar refractivity (Wildman–Crippen MR) is 479 cm³/mol. The largest absolute Gasteiger partial charge is 0.386 e. The van der Waals surface area contributed by atoms with Crippen LogP contribution < -0.4 is 33.9 Å². The van der Waals surface area contributed by atoms with Gasteiger partial charge in [-0.1, -0.05) is 17.5 Å². The van der Waals surface area contributed by atoms with Gasteiger partial charge in [-0.25, -0.2) is 62.0 Å². The summed E-state index contributed by atoms with van der Waals surface area (Å²) in [6.45, 7) is -27.5. The number of hydrogen-bond donors (Lipinski definition) is 12. The van der Waals surface area contributed by atoms with E-state index in [1.807, 2.05) is 0 Å². The standard InChI is InChI=1S/C21H22F2N8O9P2S3.C21H23FN8O9P2S3.C20H22FN9O9P2S3/c22-10-9-4-37-42(35,44)39-14-8(38-19(11(14)23)30-5-26-12-7(32)1-2-25-16(12)30)3-36-41(34,43)40-15(10)20(45-9)31-6-27-13-17(31)28-21(24)29-18(13)33;22-12-15-11(37-19(12)29-6-25-13-9(31)1-2-24-16(13)29)5-36-40(33,42)38-10-3-8(4-35-41(34,43)39-15)44-20(10)30-7-26-14-17(30)27-21(23)28-18(14)32;21-11-14-10(37-18(11)30-15-12(27-28-30)8(31)1-2-23-15)5-36-40(33,42)38-9-3-7(4-35-41(34,43)39-14)44-19(9)29-6-24-13-16(29)25-20(22)26-17(13)32/h2,5-6,8-11,14-15,19-20H,1,3-4H2,(H,34,43)(H,35,44)(H3,24,28,29,33);2,6-8,10-12,15,19-20H,1,3-5H2,(H,33,42)(H,34,43)(H3,23,27,28,32);2,6-7,9-11,14,18-19H,1,3-5H2,(H,33,42)(H,34,43)(H3,22,25,26,32)/t8-,9-,10-,11+,14-,15-,19-,20-,41?,42?;8-,10+,11+,12-,15+,19+,20+,40?,41?;7-,9+,10+,11-,14+,18+,19+,40?,41?/m100/s1. The second-order valence-corrected chi connectivity index (χ2v) is 51.5. The molecule has 9 fully saturated rings. The summed E-state index contributed by atoms with van der Waals surface area (Å²) >= 11 is 33.8. The molecule has 714 valence electrons. The van der Waals surface area contributed by atoms with Gasteiger partial charge in [0, 0.05) is 48.4 Å². The van der Waals surface area contributed by atoms with Crippen LogP contribution in [0.2, 0.25) is 0 Å². The fraction of sp³-hybridized carbons (Fsp3) is 0.532. The number of fused-ring (bicyclic) bond motifs is 15. The van der Waals surface area contributed by atoms with Crippen molar-refractivity contribution < 1.29 is 129 Å². The van der Waals surface area contributed by atoms with E-state index in [0.717, 1.165) is 16.4 Å². The number of ether oxygens (including phenoxy) is 3. The van der Waals surface area contributed by atoms with Crippen LogP contribution in [-0.4, -0.2) is 288 Å². The third-order valence-corrected chi connectivity index (χ3v) is 35.8. The van der Waals surface area contributed by atoms with E-state index in [9.17, 15) is 57.8 Å². The lowest BCUT2D eigenvalue weighted by atomic mass is 10.1. The highest BCUT2D eigenvalue weighted by molar-refractivity contribution is 8.44. The molecule has 21 rings (SSSR count). The number of nitrogen functional groups attached to an aromatic ring is 3. The third-order valence-electron chi connectivity index (χ3n) is 21.8. The average molecular weight is 2140 g/mol. The maximum atomic E-state index is 16.0. The first-order valence-corrected chi connectivity index (χ1v) is 57.4. The lowest BCUT2D eigenvalue weighted by Gasteiger charge is -2.27. The van der Waals surface area contributed by atoms with Gasteiger partial charge in [-0.3, -0.25) is 93.7 Å². The Labute approximate surface area is 782 Å². The highest BCUT2D eigenvalue weighted by Gasteiger charge is 2.58. The van der Waals surface area contributed by atoms with Gasteiger partial charge in [-0.15, -0.1) is 40.4 Å². The molecular weight excluding hydrogens is 2080 g/mol. The monoisotopic (exact) mass is 2140 g/mol. The Morgan fingerprint density at radius 2 is 0.782 bits per heavy atom. The molecule has 0 spiro atoms. The third kappa shape index (κ3) is 19.3. The number of aromatic nitrogens is 19. The first-order valence-electron chi connectivity index (χ1n) is 39.0. The number of alkyl halides is 4. The molecule has 12 aliphatic rings. The van der Waals surface area contributed by atoms with E-state index in [4.69, 9.17) is 145 Å². The summed E-state index contributed by atoms with van der Waals surface area (Å²) in [5.74, 6) is -1.29. The molecule has 6 unspecified atom stereocenters. The quantitative estimate of drug-likeness (QED) is 0.0627. The van der Waals surface area contributed by atoms with Gasteiger partial charge in [0.15, 0.2) is 123 Å². The van der Waals surface area contributed by atoms with Crippen LogP contribution in [0.5, 0.6) is 0 Å². The molecule has 9 saturated heterocycles. The molecular formula is C62H67F4N25O27P6S9. The van der Waals surface area contributed by atoms with Gasteiger partial charge in [0.05, 0.1) is 88.7 Å². The molecule has 0 amide bonds. The molecule has 9 aromatic rings. The number of carbonyl (C=O) groups is 3. The Balaban J connectivity index is 0.000000129. The van der Waals surface area contributed by atoms with Crippen molar-refractivity contribution in [2.45, 2.75) is 162 Å². The fourth-order valence-electron chi connectivity index (χ4n) is 16.0. The summed E-state index contributed by atoms with van der Waals surface area (Å²) < 4.78 is 171. The molecule has 14 N–H and O–H groups in total. The van der Waals surface area contributed by atoms with Crippen LogP contribution in [0.15, 0.2) is 61.0 Å². The van der Waals surface area contributed by atoms with E-state index in [-0.39, 0.29) is 149 Å². The molecule has 28 atom stereocenters. The number of aliphatic imine (C=N–C) groups is 3. The van der Waals surface area contributed by atoms with Crippen LogP contribution in [0, 0.1) is 0 Å². The smallest absolute Gasteiger partial charge is 0.369 e. The normalized spacial score (nSPS) is 38.1. The van der Waals surface area contributed by atoms with Crippen molar-refractivity contribution in [3.8, 4) is 0 Å². The van der Waals surface area contributed by atoms with Gasteiger partial charge in [-0.05, 0) is 71.9 Å². The number of thioether (sulfide) groups is 3. The molecule has 21 heterocycles. The van der Waals surface area contributed by atoms with Crippen molar-refractivity contribution >= 4 is 252 Å². The predicted octanol–water partition coefficient (Wildman–Crippen LogP) is 4.30. The maximum absolute atomic E-state index is 16.0. The second kappa shape index (κ2) is 37.1. The summed E-state index contributed by atoms with van der Waals surface area (Å²) in [5, 5.41) is 3.41. The summed E-state index contributed by atoms with van der Waals surface area (Å²) in [4.78, 5) is 181. The van der Waals surface area contributed by atoms with E-state index >= 15 is 17.6 Å². The zero-order valence-corrected chi connectivity index (χ0v) is 79.2. The SMILES string of the molecule is Nc1nc2c(ncn2[C@@H]2S[C@@H]3COP(O)(=S)O[C@H]4[C@H](F)[C@H](n5cnc6c5N=CCC6=O)O[C@@H]4COP(=O)(S)O[C@@H]2C3)c(=O)[nH]1.Nc1nc2c(ncn2[C@@H]2S[C@@H]3COP(O)(=S)O[C@H]4[C@H](F)[C@H](n5cnc6c5N=CCC6=O)O[C@@H]4COP(O)(=S)O[C@@H]2[C@@H]3F)c(=O)[nH]1.Nc1nc2c(ncn2[C@@H]2S[C@@H]3COP(O)(=S)O[C@H]4[C@H](F)[C@H](n5nnc6c5N=CCC6=O)O[C@@H]4COP(O)(=S)O[C@@H]2C3)c(=O)[nH]1. The number of anilines is 3. The van der Waals surface area contributed by atoms with Gasteiger partial charge in [0.25, 0.3) is 16.7 Å². The number of hydrogen-bond acceptors (Lipinski definition) is 46. The lowest BCUT2D eigenvalue weighted by molar-refractivity contribution is -0.0496. The van der Waals surface area contributed by atoms with Crippen LogP contribution >= 0.6 is 87.9 Å². The van der Waals surface area contributed by atoms with Crippen LogP contribution in [0.25, 0.3) is 33.5 Å². The number of aromatic amines is 3. The van der Waals surface area contributed by atoms with Crippen molar-refractivity contribution in [2.24, 2.45) is 15.0 Å². The lowest BCUT2D eigenvalue weighted by Crippen LogP contribution is -2.34. The maximum Gasteiger partial charge on any atom is 0.386 e. The van der Waals surface area contributed by atoms with E-state index < -0.39 is 214 Å². The number of imidazole rings is 5. The second-order valence-electron chi connectivity index (χ2n) is 30.5. The van der Waals surface area contributed by atoms with Crippen molar-refractivity contribution in [1.29, 1.82) is 0 Å². The molecule has 0 saturated carbocycles. The summed E-state index contributed by atoms with van der Waals surface area (Å²) in [7, 11) is 0. The van der Waals surface area contributed by atoms with E-state index in [1.54, 1.807) is 9.13 Å². The zero-order valence-electron chi connectivity index (χ0n) is 66.5. The number of H-pyrrole nitrogens is 3. The number of nitrogens with one attached hydrogen (secondary N) is 3. The highest BCUT2D eigenvalue weighted by Crippen LogP contribution is 2.64. The van der Waals surface area contributed by atoms with Gasteiger partial charge >= 0.3 is 40.4 Å². The zero-order chi connectivity index (χ0) is 93.8. The number of rotatable bonds is 6. The minimum absolute atomic E-state index is 0.00922. The molecule has 71 heteroatoms. The molecule has 0 aromatic carbocycles. The molecule has 52 nitrogen and oxygen atoms in total. The van der Waals surface area contributed by atoms with E-state index in [2.05, 4.69) is 92.4 Å². The number of nitrogens with zero attached hydrogens (tertiary/aromatic N) is 19. The van der Waals surface area contributed by atoms with E-state index in [0.29, 0.717) is 0 Å². The molecule has 12 aliphatic heterocycles. The topological polar surface area (TPSA) is 680 Å². The first-order chi connectivity index (χ1) is 63.1. The van der Waals surface area contributed by atoms with Gasteiger partial charge in [0.2, 0.25) is 17.8 Å². The Morgan fingerprint density at radius 3 is 1.23 bits per heavy atom. The van der Waals surface area contributed by atoms with Gasteiger partial charge < -0.3 is 83.0 Å². The summed E-state index contributed by atoms with van der Waals surface area (Å²) in [5.41, 5.74) is 15.9. The molecule has 6 bridgehead atoms. The Hall–Kier alpha value is -6.17. The highest BCUT2D eigenvalue weighted by atomic mass is 32.7. The first kappa shape index (κ1) is 95.7. The van der Waals surface area contributed by atoms with Crippen molar-refractivity contribution in [3.63, 3.8) is 0 Å². The molecule has 0 aliphatic carbocycles. The van der Waals surface area contributed by atoms with Crippen LogP contribution in [-0.2, 0) is 132 Å². The minimum atomic E-state index is -4.29. The Bertz CT molecular complexity index is 6540. The molecule has 133 heavy (non-hydrogen) atoms. The molecule has 9 aromatic heterocycles. The Morgan fingerprint density at radius 1 is 0.421 bits per heavy atom. The van der Waals surface area contributed by atoms with Gasteiger partial charge in [0.1, 0.15) is 65.0 Å². The van der Waals surface area contributed by atoms with Crippen molar-refractivity contribution in [2.75, 3.05) is 56.8 Å². The number of thiol groups is 1. The minimum Gasteiger partial charge on any atom is -0.369 e. The molecule has 0 radical (unpaired) electrons. The van der Waals surface area contributed by atoms with Crippen LogP contribution in [0.3, 0.4) is 0 Å². The number of Topliss-reactive ketones (excluding diaryl/α,β-unsaturated/α-hetero) is 3. The number of halogens is 4. The number of ketones is 3. The summed E-state index contributed by atoms with van der Waals surface area (Å²) in [6, 6.07) is 0. The number of nitrogens with two attached hydrogens (primary N) is 3. The average Bonchev–Trinajstić information content (AvgIpc) is 1.62. The number of carbonyl (C=O) groups excluding carboxylic acids is 3. The van der Waals surface area contributed by atoms with Crippen LogP contribution in [0.1, 0.15) is 98.4 Å². The van der Waals surface area contributed by atoms with Crippen molar-refractivity contribution in [3.05, 3.63) is 79.8 Å². The fourth-order valence-corrected chi connectivity index (χ4v) is 29.7. The summed E-state index contributed by atoms with van der Waals surface area (Å²) in [6.07, 6.45) is -13.1. The van der Waals surface area contributed by atoms with Crippen LogP contribution in [0.4, 0.5) is 52.9 Å².